The Labute approximate surface area is 127 Å². The Balaban J connectivity index is 1.73. The fourth-order valence-electron chi connectivity index (χ4n) is 3.44. The van der Waals surface area contributed by atoms with Gasteiger partial charge < -0.3 is 10.0 Å². The third-order valence-corrected chi connectivity index (χ3v) is 4.91. The number of nitrogens with zero attached hydrogens (tertiary/aromatic N) is 1. The quantitative estimate of drug-likeness (QED) is 0.817. The van der Waals surface area contributed by atoms with Crippen LogP contribution in [0.5, 0.6) is 0 Å². The van der Waals surface area contributed by atoms with Gasteiger partial charge in [0.05, 0.1) is 5.41 Å². The molecule has 0 atom stereocenters. The number of rotatable bonds is 6. The highest BCUT2D eigenvalue weighted by Crippen LogP contribution is 2.50. The predicted molar refractivity (Wildman–Crippen MR) is 83.2 cm³/mol. The van der Waals surface area contributed by atoms with Crippen molar-refractivity contribution < 1.29 is 9.90 Å². The van der Waals surface area contributed by atoms with Gasteiger partial charge >= 0.3 is 0 Å². The van der Waals surface area contributed by atoms with Crippen molar-refractivity contribution >= 4 is 5.91 Å². The number of amides is 1. The summed E-state index contributed by atoms with van der Waals surface area (Å²) >= 11 is 0. The van der Waals surface area contributed by atoms with Crippen LogP contribution in [0.1, 0.15) is 49.7 Å². The summed E-state index contributed by atoms with van der Waals surface area (Å²) < 4.78 is 0. The Morgan fingerprint density at radius 3 is 2.62 bits per heavy atom. The van der Waals surface area contributed by atoms with Gasteiger partial charge in [-0.25, -0.2) is 0 Å². The molecule has 3 nitrogen and oxygen atoms in total. The molecule has 1 saturated carbocycles. The lowest BCUT2D eigenvalue weighted by atomic mass is 9.92. The molecule has 1 heterocycles. The Hall–Kier alpha value is -1.35. The van der Waals surface area contributed by atoms with Gasteiger partial charge in [-0.1, -0.05) is 24.3 Å². The lowest BCUT2D eigenvalue weighted by Gasteiger charge is -2.23. The molecule has 21 heavy (non-hydrogen) atoms. The second-order valence-corrected chi connectivity index (χ2v) is 6.46. The van der Waals surface area contributed by atoms with Gasteiger partial charge in [-0.3, -0.25) is 4.79 Å². The zero-order chi connectivity index (χ0) is 14.7. The fourth-order valence-corrected chi connectivity index (χ4v) is 3.44. The van der Waals surface area contributed by atoms with Crippen molar-refractivity contribution in [1.29, 1.82) is 0 Å². The topological polar surface area (TPSA) is 40.5 Å². The van der Waals surface area contributed by atoms with Gasteiger partial charge in [0.2, 0.25) is 5.91 Å². The number of likely N-dealkylation sites (tertiary alicyclic amines) is 1. The van der Waals surface area contributed by atoms with Crippen LogP contribution in [0.15, 0.2) is 24.3 Å². The van der Waals surface area contributed by atoms with Crippen LogP contribution in [-0.4, -0.2) is 35.6 Å². The smallest absolute Gasteiger partial charge is 0.233 e. The molecule has 2 fully saturated rings. The first-order valence-corrected chi connectivity index (χ1v) is 8.26. The van der Waals surface area contributed by atoms with Crippen LogP contribution in [0.3, 0.4) is 0 Å². The van der Waals surface area contributed by atoms with Gasteiger partial charge in [0.15, 0.2) is 0 Å². The van der Waals surface area contributed by atoms with Crippen LogP contribution in [0.4, 0.5) is 0 Å². The summed E-state index contributed by atoms with van der Waals surface area (Å²) in [6.45, 7) is 2.14. The summed E-state index contributed by atoms with van der Waals surface area (Å²) in [5.41, 5.74) is 2.29. The third-order valence-electron chi connectivity index (χ3n) is 4.91. The fraction of sp³-hybridized carbons (Fsp3) is 0.611. The molecule has 1 aliphatic carbocycles. The molecular formula is C18H25NO2. The summed E-state index contributed by atoms with van der Waals surface area (Å²) in [7, 11) is 0. The average Bonchev–Trinajstić information content (AvgIpc) is 3.14. The first-order chi connectivity index (χ1) is 10.3. The van der Waals surface area contributed by atoms with Crippen molar-refractivity contribution in [2.45, 2.75) is 50.4 Å². The van der Waals surface area contributed by atoms with E-state index in [1.54, 1.807) is 0 Å². The van der Waals surface area contributed by atoms with E-state index in [1.807, 2.05) is 0 Å². The lowest BCUT2D eigenvalue weighted by molar-refractivity contribution is -0.132. The summed E-state index contributed by atoms with van der Waals surface area (Å²) in [6.07, 6.45) is 7.16. The number of aliphatic hydroxyl groups is 1. The van der Waals surface area contributed by atoms with Crippen LogP contribution in [0, 0.1) is 0 Å². The maximum Gasteiger partial charge on any atom is 0.233 e. The van der Waals surface area contributed by atoms with E-state index in [9.17, 15) is 4.79 Å². The number of aryl methyl sites for hydroxylation is 1. The minimum Gasteiger partial charge on any atom is -0.396 e. The molecule has 0 radical (unpaired) electrons. The summed E-state index contributed by atoms with van der Waals surface area (Å²) in [6, 6.07) is 8.56. The molecule has 0 spiro atoms. The lowest BCUT2D eigenvalue weighted by Crippen LogP contribution is -2.37. The van der Waals surface area contributed by atoms with Crippen LogP contribution in [-0.2, 0) is 16.6 Å². The van der Waals surface area contributed by atoms with Gasteiger partial charge in [0.1, 0.15) is 0 Å². The van der Waals surface area contributed by atoms with E-state index in [1.165, 1.54) is 11.1 Å². The van der Waals surface area contributed by atoms with Gasteiger partial charge in [-0.05, 0) is 56.1 Å². The minimum absolute atomic E-state index is 0.211. The van der Waals surface area contributed by atoms with E-state index in [-0.39, 0.29) is 12.0 Å². The highest BCUT2D eigenvalue weighted by Gasteiger charge is 2.53. The van der Waals surface area contributed by atoms with Crippen LogP contribution in [0.25, 0.3) is 0 Å². The molecular weight excluding hydrogens is 262 g/mol. The molecule has 1 amide bonds. The van der Waals surface area contributed by atoms with Crippen molar-refractivity contribution in [3.63, 3.8) is 0 Å². The first kappa shape index (κ1) is 14.6. The van der Waals surface area contributed by atoms with Crippen LogP contribution in [0.2, 0.25) is 0 Å². The molecule has 2 aliphatic rings. The Morgan fingerprint density at radius 2 is 1.95 bits per heavy atom. The Bertz CT molecular complexity index is 502. The highest BCUT2D eigenvalue weighted by atomic mass is 16.2. The monoisotopic (exact) mass is 287 g/mol. The Morgan fingerprint density at radius 1 is 1.19 bits per heavy atom. The molecule has 3 rings (SSSR count). The number of aliphatic hydroxyl groups excluding tert-OH is 1. The van der Waals surface area contributed by atoms with Crippen molar-refractivity contribution in [2.75, 3.05) is 19.7 Å². The highest BCUT2D eigenvalue weighted by molar-refractivity contribution is 5.91. The van der Waals surface area contributed by atoms with Crippen molar-refractivity contribution in [1.82, 2.24) is 4.90 Å². The van der Waals surface area contributed by atoms with Crippen molar-refractivity contribution in [3.8, 4) is 0 Å². The van der Waals surface area contributed by atoms with Crippen molar-refractivity contribution in [2.24, 2.45) is 0 Å². The first-order valence-electron chi connectivity index (χ1n) is 8.26. The number of hydrogen-bond donors (Lipinski definition) is 1. The average molecular weight is 287 g/mol. The molecule has 1 N–H and O–H groups in total. The maximum atomic E-state index is 12.8. The molecule has 114 valence electrons. The molecule has 1 aromatic carbocycles. The number of carbonyl (C=O) groups excluding carboxylic acids is 1. The molecule has 1 aliphatic heterocycles. The molecule has 1 aromatic rings. The largest absolute Gasteiger partial charge is 0.396 e. The van der Waals surface area contributed by atoms with Crippen molar-refractivity contribution in [3.05, 3.63) is 35.4 Å². The molecule has 0 unspecified atom stereocenters. The summed E-state index contributed by atoms with van der Waals surface area (Å²) in [5.74, 6) is 0.354. The van der Waals surface area contributed by atoms with E-state index in [4.69, 9.17) is 5.11 Å². The summed E-state index contributed by atoms with van der Waals surface area (Å²) in [4.78, 5) is 14.9. The van der Waals surface area contributed by atoms with Crippen LogP contribution >= 0.6 is 0 Å². The maximum absolute atomic E-state index is 12.8. The number of unbranched alkanes of at least 4 members (excludes halogenated alkanes) is 1. The predicted octanol–water partition coefficient (Wildman–Crippen LogP) is 2.66. The third kappa shape index (κ3) is 2.98. The van der Waals surface area contributed by atoms with Gasteiger partial charge in [0.25, 0.3) is 0 Å². The molecule has 0 bridgehead atoms. The van der Waals surface area contributed by atoms with Gasteiger partial charge in [0, 0.05) is 19.7 Å². The van der Waals surface area contributed by atoms with E-state index in [0.29, 0.717) is 5.91 Å². The van der Waals surface area contributed by atoms with E-state index >= 15 is 0 Å². The molecule has 0 aromatic heterocycles. The van der Waals surface area contributed by atoms with Gasteiger partial charge in [-0.2, -0.15) is 0 Å². The van der Waals surface area contributed by atoms with E-state index in [0.717, 1.165) is 58.0 Å². The van der Waals surface area contributed by atoms with Gasteiger partial charge in [-0.15, -0.1) is 0 Å². The zero-order valence-electron chi connectivity index (χ0n) is 12.7. The summed E-state index contributed by atoms with van der Waals surface area (Å²) in [5, 5.41) is 8.88. The van der Waals surface area contributed by atoms with E-state index in [2.05, 4.69) is 29.2 Å². The molecule has 3 heteroatoms. The SMILES string of the molecule is O=C(N1CCCC1)C1(c2cccc(CCCCO)c2)CC1. The van der Waals surface area contributed by atoms with E-state index < -0.39 is 0 Å². The van der Waals surface area contributed by atoms with Crippen LogP contribution < -0.4 is 0 Å². The standard InChI is InChI=1S/C18H25NO2/c20-13-4-1-6-15-7-5-8-16(14-15)18(9-10-18)17(21)19-11-2-3-12-19/h5,7-8,14,20H,1-4,6,9-13H2. The Kier molecular flexibility index (Phi) is 4.29. The number of hydrogen-bond acceptors (Lipinski definition) is 2. The second kappa shape index (κ2) is 6.18. The molecule has 1 saturated heterocycles. The number of benzene rings is 1. The minimum atomic E-state index is -0.211. The second-order valence-electron chi connectivity index (χ2n) is 6.46. The number of carbonyl (C=O) groups is 1. The zero-order valence-corrected chi connectivity index (χ0v) is 12.7. The normalized spacial score (nSPS) is 19.8.